The van der Waals surface area contributed by atoms with Crippen molar-refractivity contribution in [2.75, 3.05) is 0 Å². The summed E-state index contributed by atoms with van der Waals surface area (Å²) in [5.41, 5.74) is 3.22. The summed E-state index contributed by atoms with van der Waals surface area (Å²) < 4.78 is 0. The molecule has 0 aliphatic carbocycles. The van der Waals surface area contributed by atoms with E-state index in [1.807, 2.05) is 49.4 Å². The molecule has 0 aliphatic heterocycles. The van der Waals surface area contributed by atoms with Crippen LogP contribution in [0.5, 0.6) is 0 Å². The number of hydrogen-bond donors (Lipinski definition) is 0. The Labute approximate surface area is 94.7 Å². The van der Waals surface area contributed by atoms with E-state index in [2.05, 4.69) is 4.98 Å². The smallest absolute Gasteiger partial charge is 0.0451 e. The molecule has 0 fully saturated rings. The highest BCUT2D eigenvalue weighted by Crippen LogP contribution is 2.17. The molecule has 0 spiro atoms. The van der Waals surface area contributed by atoms with Crippen molar-refractivity contribution < 1.29 is 0 Å². The predicted octanol–water partition coefficient (Wildman–Crippen LogP) is 3.63. The van der Waals surface area contributed by atoms with E-state index in [-0.39, 0.29) is 0 Å². The van der Waals surface area contributed by atoms with Gasteiger partial charge in [0.25, 0.3) is 0 Å². The van der Waals surface area contributed by atoms with Gasteiger partial charge in [-0.3, -0.25) is 4.98 Å². The second-order valence-corrected chi connectivity index (χ2v) is 3.95. The molecular weight excluding hydrogens is 206 g/mol. The monoisotopic (exact) mass is 217 g/mol. The highest BCUT2D eigenvalue weighted by molar-refractivity contribution is 6.31. The van der Waals surface area contributed by atoms with Crippen molar-refractivity contribution in [1.82, 2.24) is 4.98 Å². The first kappa shape index (κ1) is 10.2. The number of aryl methyl sites for hydroxylation is 1. The molecule has 1 nitrogen and oxygen atoms in total. The third-order valence-corrected chi connectivity index (χ3v) is 2.64. The lowest BCUT2D eigenvalue weighted by molar-refractivity contribution is 1.04. The molecule has 0 amide bonds. The second kappa shape index (κ2) is 4.45. The minimum absolute atomic E-state index is 0.793. The van der Waals surface area contributed by atoms with Crippen molar-refractivity contribution in [3.8, 4) is 0 Å². The molecule has 2 heteroatoms. The average molecular weight is 218 g/mol. The summed E-state index contributed by atoms with van der Waals surface area (Å²) in [7, 11) is 0. The molecule has 0 radical (unpaired) electrons. The highest BCUT2D eigenvalue weighted by atomic mass is 35.5. The standard InChI is InChI=1S/C13H12ClN/c1-10-5-4-7-12(15-10)9-11-6-2-3-8-13(11)14/h2-8H,9H2,1H3. The maximum atomic E-state index is 6.09. The molecular formula is C13H12ClN. The summed E-state index contributed by atoms with van der Waals surface area (Å²) in [6.07, 6.45) is 0.793. The van der Waals surface area contributed by atoms with Gasteiger partial charge < -0.3 is 0 Å². The molecule has 0 unspecified atom stereocenters. The van der Waals surface area contributed by atoms with E-state index in [0.717, 1.165) is 28.4 Å². The van der Waals surface area contributed by atoms with E-state index < -0.39 is 0 Å². The number of rotatable bonds is 2. The Hall–Kier alpha value is -1.34. The number of benzene rings is 1. The maximum absolute atomic E-state index is 6.09. The minimum Gasteiger partial charge on any atom is -0.258 e. The Kier molecular flexibility index (Phi) is 3.02. The molecule has 1 heterocycles. The van der Waals surface area contributed by atoms with Gasteiger partial charge in [-0.15, -0.1) is 0 Å². The summed E-state index contributed by atoms with van der Waals surface area (Å²) >= 11 is 6.09. The van der Waals surface area contributed by atoms with Crippen LogP contribution in [0.4, 0.5) is 0 Å². The zero-order valence-corrected chi connectivity index (χ0v) is 9.33. The Bertz CT molecular complexity index is 466. The van der Waals surface area contributed by atoms with Gasteiger partial charge in [-0.05, 0) is 30.7 Å². The molecule has 0 aliphatic rings. The fourth-order valence-corrected chi connectivity index (χ4v) is 1.74. The van der Waals surface area contributed by atoms with Crippen LogP contribution in [-0.2, 0) is 6.42 Å². The van der Waals surface area contributed by atoms with Gasteiger partial charge in [-0.25, -0.2) is 0 Å². The fourth-order valence-electron chi connectivity index (χ4n) is 1.53. The zero-order valence-electron chi connectivity index (χ0n) is 8.57. The molecule has 2 rings (SSSR count). The molecule has 0 bridgehead atoms. The van der Waals surface area contributed by atoms with Gasteiger partial charge in [0.2, 0.25) is 0 Å². The van der Waals surface area contributed by atoms with E-state index in [4.69, 9.17) is 11.6 Å². The first-order chi connectivity index (χ1) is 7.25. The molecule has 0 atom stereocenters. The van der Waals surface area contributed by atoms with Crippen LogP contribution in [0.25, 0.3) is 0 Å². The third kappa shape index (κ3) is 2.57. The van der Waals surface area contributed by atoms with E-state index >= 15 is 0 Å². The molecule has 76 valence electrons. The Morgan fingerprint density at radius 1 is 1.07 bits per heavy atom. The van der Waals surface area contributed by atoms with Crippen LogP contribution >= 0.6 is 11.6 Å². The molecule has 2 aromatic rings. The van der Waals surface area contributed by atoms with E-state index in [1.165, 1.54) is 0 Å². The van der Waals surface area contributed by atoms with E-state index in [0.29, 0.717) is 0 Å². The van der Waals surface area contributed by atoms with Gasteiger partial charge in [0.05, 0.1) is 0 Å². The summed E-state index contributed by atoms with van der Waals surface area (Å²) in [5, 5.41) is 0.806. The van der Waals surface area contributed by atoms with Crippen molar-refractivity contribution in [2.24, 2.45) is 0 Å². The zero-order chi connectivity index (χ0) is 10.7. The quantitative estimate of drug-likeness (QED) is 0.749. The molecule has 1 aromatic carbocycles. The minimum atomic E-state index is 0.793. The van der Waals surface area contributed by atoms with Gasteiger partial charge in [0.15, 0.2) is 0 Å². The molecule has 15 heavy (non-hydrogen) atoms. The van der Waals surface area contributed by atoms with Crippen LogP contribution in [0.1, 0.15) is 17.0 Å². The molecule has 0 saturated heterocycles. The van der Waals surface area contributed by atoms with Gasteiger partial charge in [-0.2, -0.15) is 0 Å². The fraction of sp³-hybridized carbons (Fsp3) is 0.154. The maximum Gasteiger partial charge on any atom is 0.0451 e. The lowest BCUT2D eigenvalue weighted by atomic mass is 10.1. The average Bonchev–Trinajstić information content (AvgIpc) is 2.22. The van der Waals surface area contributed by atoms with Crippen molar-refractivity contribution in [3.63, 3.8) is 0 Å². The molecule has 0 N–H and O–H groups in total. The van der Waals surface area contributed by atoms with Crippen LogP contribution in [0.15, 0.2) is 42.5 Å². The van der Waals surface area contributed by atoms with Crippen molar-refractivity contribution in [3.05, 3.63) is 64.4 Å². The number of halogens is 1. The summed E-state index contributed by atoms with van der Waals surface area (Å²) in [4.78, 5) is 4.45. The topological polar surface area (TPSA) is 12.9 Å². The van der Waals surface area contributed by atoms with E-state index in [1.54, 1.807) is 0 Å². The van der Waals surface area contributed by atoms with Crippen molar-refractivity contribution in [2.45, 2.75) is 13.3 Å². The van der Waals surface area contributed by atoms with Gasteiger partial charge >= 0.3 is 0 Å². The predicted molar refractivity (Wildman–Crippen MR) is 63.2 cm³/mol. The number of nitrogens with zero attached hydrogens (tertiary/aromatic N) is 1. The summed E-state index contributed by atoms with van der Waals surface area (Å²) in [6.45, 7) is 2.00. The Morgan fingerprint density at radius 3 is 2.60 bits per heavy atom. The van der Waals surface area contributed by atoms with Crippen LogP contribution in [-0.4, -0.2) is 4.98 Å². The first-order valence-corrected chi connectivity index (χ1v) is 5.29. The summed E-state index contributed by atoms with van der Waals surface area (Å²) in [6, 6.07) is 13.9. The number of aromatic nitrogens is 1. The third-order valence-electron chi connectivity index (χ3n) is 2.28. The van der Waals surface area contributed by atoms with Crippen LogP contribution < -0.4 is 0 Å². The van der Waals surface area contributed by atoms with Crippen LogP contribution in [0, 0.1) is 6.92 Å². The van der Waals surface area contributed by atoms with Gasteiger partial charge in [0, 0.05) is 22.8 Å². The summed E-state index contributed by atoms with van der Waals surface area (Å²) in [5.74, 6) is 0. The highest BCUT2D eigenvalue weighted by Gasteiger charge is 2.01. The lowest BCUT2D eigenvalue weighted by Gasteiger charge is -2.04. The van der Waals surface area contributed by atoms with Crippen molar-refractivity contribution >= 4 is 11.6 Å². The van der Waals surface area contributed by atoms with Crippen molar-refractivity contribution in [1.29, 1.82) is 0 Å². The number of hydrogen-bond acceptors (Lipinski definition) is 1. The number of pyridine rings is 1. The van der Waals surface area contributed by atoms with E-state index in [9.17, 15) is 0 Å². The van der Waals surface area contributed by atoms with Crippen LogP contribution in [0.2, 0.25) is 5.02 Å². The first-order valence-electron chi connectivity index (χ1n) is 4.91. The normalized spacial score (nSPS) is 10.3. The SMILES string of the molecule is Cc1cccc(Cc2ccccc2Cl)n1. The Balaban J connectivity index is 2.26. The molecule has 1 aromatic heterocycles. The molecule has 0 saturated carbocycles. The van der Waals surface area contributed by atoms with Crippen LogP contribution in [0.3, 0.4) is 0 Å². The van der Waals surface area contributed by atoms with Gasteiger partial charge in [0.1, 0.15) is 0 Å². The second-order valence-electron chi connectivity index (χ2n) is 3.54. The lowest BCUT2D eigenvalue weighted by Crippen LogP contribution is -1.94. The Morgan fingerprint density at radius 2 is 1.87 bits per heavy atom. The largest absolute Gasteiger partial charge is 0.258 e. The van der Waals surface area contributed by atoms with Gasteiger partial charge in [-0.1, -0.05) is 35.9 Å².